The van der Waals surface area contributed by atoms with Crippen molar-refractivity contribution in [3.05, 3.63) is 72.6 Å². The lowest BCUT2D eigenvalue weighted by molar-refractivity contribution is 0.847. The maximum absolute atomic E-state index is 4.28. The van der Waals surface area contributed by atoms with E-state index in [0.29, 0.717) is 5.25 Å². The molecule has 4 heteroatoms. The third-order valence-electron chi connectivity index (χ3n) is 3.34. The smallest absolute Gasteiger partial charge is 0.196 e. The van der Waals surface area contributed by atoms with Crippen LogP contribution in [0.4, 0.5) is 0 Å². The maximum Gasteiger partial charge on any atom is 0.196 e. The van der Waals surface area contributed by atoms with E-state index in [-0.39, 0.29) is 0 Å². The van der Waals surface area contributed by atoms with Gasteiger partial charge in [0.1, 0.15) is 6.33 Å². The van der Waals surface area contributed by atoms with Crippen molar-refractivity contribution in [2.45, 2.75) is 23.8 Å². The van der Waals surface area contributed by atoms with Gasteiger partial charge in [-0.1, -0.05) is 67.2 Å². The van der Waals surface area contributed by atoms with Gasteiger partial charge in [0.05, 0.1) is 0 Å². The van der Waals surface area contributed by atoms with Gasteiger partial charge in [0, 0.05) is 10.9 Å². The molecule has 0 saturated carbocycles. The Morgan fingerprint density at radius 1 is 1.00 bits per heavy atom. The first kappa shape index (κ1) is 13.9. The highest BCUT2D eigenvalue weighted by molar-refractivity contribution is 7.99. The molecule has 0 bridgehead atoms. The van der Waals surface area contributed by atoms with Gasteiger partial charge in [-0.25, -0.2) is 0 Å². The third kappa shape index (κ3) is 3.16. The summed E-state index contributed by atoms with van der Waals surface area (Å²) in [4.78, 5) is 0. The number of rotatable bonds is 5. The average Bonchev–Trinajstić information content (AvgIpc) is 3.02. The van der Waals surface area contributed by atoms with E-state index in [0.717, 1.165) is 17.3 Å². The summed E-state index contributed by atoms with van der Waals surface area (Å²) in [6, 6.07) is 20.8. The van der Waals surface area contributed by atoms with Crippen molar-refractivity contribution < 1.29 is 0 Å². The fraction of sp³-hybridized carbons (Fsp3) is 0.176. The summed E-state index contributed by atoms with van der Waals surface area (Å²) in [6.45, 7) is 2.20. The molecular weight excluding hydrogens is 278 g/mol. The molecule has 1 unspecified atom stereocenters. The Hall–Kier alpha value is -2.07. The molecule has 21 heavy (non-hydrogen) atoms. The molecule has 1 atom stereocenters. The van der Waals surface area contributed by atoms with Crippen LogP contribution < -0.4 is 0 Å². The van der Waals surface area contributed by atoms with Crippen molar-refractivity contribution in [3.8, 4) is 5.69 Å². The van der Waals surface area contributed by atoms with E-state index in [1.165, 1.54) is 5.56 Å². The minimum Gasteiger partial charge on any atom is -0.277 e. The largest absolute Gasteiger partial charge is 0.277 e. The number of hydrogen-bond acceptors (Lipinski definition) is 3. The number of thioether (sulfide) groups is 1. The standard InChI is InChI=1S/C17H17N3S/c1-2-16(14-9-5-3-6-10-14)21-17-19-18-13-20(17)15-11-7-4-8-12-15/h3-13,16H,2H2,1H3. The van der Waals surface area contributed by atoms with Crippen LogP contribution in [0.2, 0.25) is 0 Å². The van der Waals surface area contributed by atoms with E-state index >= 15 is 0 Å². The second kappa shape index (κ2) is 6.59. The molecule has 1 aromatic heterocycles. The molecule has 0 aliphatic heterocycles. The van der Waals surface area contributed by atoms with Crippen LogP contribution in [0.5, 0.6) is 0 Å². The summed E-state index contributed by atoms with van der Waals surface area (Å²) < 4.78 is 2.04. The Kier molecular flexibility index (Phi) is 4.36. The molecule has 0 fully saturated rings. The van der Waals surface area contributed by atoms with E-state index in [1.807, 2.05) is 28.8 Å². The molecule has 0 spiro atoms. The Balaban J connectivity index is 1.87. The lowest BCUT2D eigenvalue weighted by Crippen LogP contribution is -1.98. The third-order valence-corrected chi connectivity index (χ3v) is 4.72. The van der Waals surface area contributed by atoms with Crippen molar-refractivity contribution in [1.82, 2.24) is 14.8 Å². The van der Waals surface area contributed by atoms with Crippen molar-refractivity contribution in [2.24, 2.45) is 0 Å². The molecule has 1 heterocycles. The summed E-state index contributed by atoms with van der Waals surface area (Å²) in [5.74, 6) is 0. The number of para-hydroxylation sites is 1. The van der Waals surface area contributed by atoms with Crippen LogP contribution in [0, 0.1) is 0 Å². The molecule has 3 aromatic rings. The van der Waals surface area contributed by atoms with Crippen molar-refractivity contribution in [2.75, 3.05) is 0 Å². The van der Waals surface area contributed by atoms with Crippen molar-refractivity contribution in [1.29, 1.82) is 0 Å². The zero-order valence-corrected chi connectivity index (χ0v) is 12.7. The van der Waals surface area contributed by atoms with Gasteiger partial charge in [-0.3, -0.25) is 4.57 Å². The minimum absolute atomic E-state index is 0.387. The van der Waals surface area contributed by atoms with E-state index < -0.39 is 0 Å². The van der Waals surface area contributed by atoms with Crippen LogP contribution in [-0.4, -0.2) is 14.8 Å². The van der Waals surface area contributed by atoms with E-state index in [2.05, 4.69) is 53.5 Å². The Bertz CT molecular complexity index is 680. The topological polar surface area (TPSA) is 30.7 Å². The maximum atomic E-state index is 4.28. The second-order valence-corrected chi connectivity index (χ2v) is 5.91. The minimum atomic E-state index is 0.387. The van der Waals surface area contributed by atoms with Crippen molar-refractivity contribution >= 4 is 11.8 Å². The molecule has 0 saturated heterocycles. The first-order valence-electron chi connectivity index (χ1n) is 7.05. The zero-order chi connectivity index (χ0) is 14.5. The van der Waals surface area contributed by atoms with Gasteiger partial charge in [0.15, 0.2) is 5.16 Å². The highest BCUT2D eigenvalue weighted by Crippen LogP contribution is 2.37. The van der Waals surface area contributed by atoms with Crippen LogP contribution in [0.3, 0.4) is 0 Å². The molecule has 106 valence electrons. The predicted octanol–water partition coefficient (Wildman–Crippen LogP) is 4.51. The first-order valence-corrected chi connectivity index (χ1v) is 7.93. The molecular formula is C17H17N3S. The summed E-state index contributed by atoms with van der Waals surface area (Å²) >= 11 is 1.76. The highest BCUT2D eigenvalue weighted by Gasteiger charge is 2.15. The summed E-state index contributed by atoms with van der Waals surface area (Å²) in [7, 11) is 0. The number of benzene rings is 2. The van der Waals surface area contributed by atoms with Crippen LogP contribution in [0.1, 0.15) is 24.2 Å². The molecule has 0 radical (unpaired) electrons. The normalized spacial score (nSPS) is 12.2. The predicted molar refractivity (Wildman–Crippen MR) is 86.7 cm³/mol. The number of hydrogen-bond donors (Lipinski definition) is 0. The number of aromatic nitrogens is 3. The van der Waals surface area contributed by atoms with E-state index in [4.69, 9.17) is 0 Å². The number of nitrogens with zero attached hydrogens (tertiary/aromatic N) is 3. The Morgan fingerprint density at radius 3 is 2.33 bits per heavy atom. The van der Waals surface area contributed by atoms with Gasteiger partial charge < -0.3 is 0 Å². The first-order chi connectivity index (χ1) is 10.4. The van der Waals surface area contributed by atoms with E-state index in [9.17, 15) is 0 Å². The fourth-order valence-corrected chi connectivity index (χ4v) is 3.33. The molecule has 2 aromatic carbocycles. The zero-order valence-electron chi connectivity index (χ0n) is 11.9. The fourth-order valence-electron chi connectivity index (χ4n) is 2.25. The Morgan fingerprint density at radius 2 is 1.67 bits per heavy atom. The van der Waals surface area contributed by atoms with Gasteiger partial charge in [-0.2, -0.15) is 0 Å². The monoisotopic (exact) mass is 295 g/mol. The molecule has 3 rings (SSSR count). The molecule has 3 nitrogen and oxygen atoms in total. The molecule has 0 amide bonds. The lowest BCUT2D eigenvalue weighted by Gasteiger charge is -2.15. The summed E-state index contributed by atoms with van der Waals surface area (Å²) in [5.41, 5.74) is 2.42. The summed E-state index contributed by atoms with van der Waals surface area (Å²) in [6.07, 6.45) is 2.83. The molecule has 0 aliphatic carbocycles. The Labute approximate surface area is 129 Å². The quantitative estimate of drug-likeness (QED) is 0.649. The van der Waals surface area contributed by atoms with Crippen LogP contribution in [-0.2, 0) is 0 Å². The second-order valence-electron chi connectivity index (χ2n) is 4.74. The van der Waals surface area contributed by atoms with Crippen LogP contribution in [0.15, 0.2) is 72.1 Å². The van der Waals surface area contributed by atoms with E-state index in [1.54, 1.807) is 18.1 Å². The summed E-state index contributed by atoms with van der Waals surface area (Å²) in [5, 5.41) is 9.67. The van der Waals surface area contributed by atoms with Gasteiger partial charge in [-0.15, -0.1) is 10.2 Å². The van der Waals surface area contributed by atoms with Crippen LogP contribution in [0.25, 0.3) is 5.69 Å². The lowest BCUT2D eigenvalue weighted by atomic mass is 10.1. The van der Waals surface area contributed by atoms with Gasteiger partial charge in [-0.05, 0) is 24.1 Å². The highest BCUT2D eigenvalue weighted by atomic mass is 32.2. The molecule has 0 aliphatic rings. The van der Waals surface area contributed by atoms with Gasteiger partial charge in [0.2, 0.25) is 0 Å². The SMILES string of the molecule is CCC(Sc1nncn1-c1ccccc1)c1ccccc1. The van der Waals surface area contributed by atoms with Crippen LogP contribution >= 0.6 is 11.8 Å². The average molecular weight is 295 g/mol. The van der Waals surface area contributed by atoms with Gasteiger partial charge >= 0.3 is 0 Å². The van der Waals surface area contributed by atoms with Gasteiger partial charge in [0.25, 0.3) is 0 Å². The van der Waals surface area contributed by atoms with Crippen molar-refractivity contribution in [3.63, 3.8) is 0 Å². The molecule has 0 N–H and O–H groups in total.